The molecule has 1 atom stereocenters. The van der Waals surface area contributed by atoms with Gasteiger partial charge in [-0.25, -0.2) is 9.78 Å². The zero-order chi connectivity index (χ0) is 24.9. The van der Waals surface area contributed by atoms with Gasteiger partial charge in [-0.05, 0) is 31.5 Å². The lowest BCUT2D eigenvalue weighted by Gasteiger charge is -2.24. The summed E-state index contributed by atoms with van der Waals surface area (Å²) in [6.45, 7) is 3.55. The highest BCUT2D eigenvalue weighted by Crippen LogP contribution is 2.44. The van der Waals surface area contributed by atoms with Gasteiger partial charge in [-0.15, -0.1) is 0 Å². The molecule has 0 saturated carbocycles. The summed E-state index contributed by atoms with van der Waals surface area (Å²) in [5.41, 5.74) is 2.36. The molecule has 0 fully saturated rings. The number of Topliss-reactive ketones (excluding diaryl/α,β-unsaturated/α-hetero) is 1. The molecule has 4 aromatic rings. The maximum Gasteiger partial charge on any atom is 0.350 e. The second-order valence-corrected chi connectivity index (χ2v) is 9.11. The van der Waals surface area contributed by atoms with Gasteiger partial charge in [0.2, 0.25) is 5.78 Å². The number of thiazole rings is 1. The lowest BCUT2D eigenvalue weighted by Crippen LogP contribution is -2.31. The molecule has 176 valence electrons. The fourth-order valence-corrected chi connectivity index (χ4v) is 5.10. The predicted octanol–water partition coefficient (Wildman–Crippen LogP) is 5.08. The molecular formula is C26H20N2O6S. The van der Waals surface area contributed by atoms with Gasteiger partial charge >= 0.3 is 5.97 Å². The number of methoxy groups -OCH3 is 1. The Morgan fingerprint density at radius 2 is 1.83 bits per heavy atom. The number of ketones is 1. The van der Waals surface area contributed by atoms with Crippen molar-refractivity contribution in [2.45, 2.75) is 19.9 Å². The molecule has 9 heteroatoms. The van der Waals surface area contributed by atoms with E-state index in [1.54, 1.807) is 43.3 Å². The summed E-state index contributed by atoms with van der Waals surface area (Å²) in [5.74, 6) is -2.67. The number of benzene rings is 2. The standard InChI is InChI=1S/C26H20N2O6S/c1-13-8-10-15(11-9-13)20-19(21(29)18-12-16-6-4-5-7-17(16)34-18)22(30)24(31)28(20)26-27-14(2)23(35-26)25(32)33-3/h4-12,20,30H,1-3H3. The molecule has 0 aliphatic carbocycles. The van der Waals surface area contributed by atoms with Crippen molar-refractivity contribution in [3.63, 3.8) is 0 Å². The highest BCUT2D eigenvalue weighted by Gasteiger charge is 2.46. The Morgan fingerprint density at radius 1 is 1.11 bits per heavy atom. The molecule has 1 N–H and O–H groups in total. The van der Waals surface area contributed by atoms with E-state index in [4.69, 9.17) is 9.15 Å². The van der Waals surface area contributed by atoms with Gasteiger partial charge in [0.15, 0.2) is 16.7 Å². The minimum Gasteiger partial charge on any atom is -0.503 e. The summed E-state index contributed by atoms with van der Waals surface area (Å²) >= 11 is 0.957. The first-order valence-corrected chi connectivity index (χ1v) is 11.5. The molecule has 0 bridgehead atoms. The highest BCUT2D eigenvalue weighted by atomic mass is 32.1. The van der Waals surface area contributed by atoms with Crippen LogP contribution in [0.2, 0.25) is 0 Å². The first-order chi connectivity index (χ1) is 16.8. The molecule has 0 saturated heterocycles. The molecule has 1 aliphatic rings. The molecule has 8 nitrogen and oxygen atoms in total. The summed E-state index contributed by atoms with van der Waals surface area (Å²) in [6.07, 6.45) is 0. The maximum absolute atomic E-state index is 13.6. The fraction of sp³-hybridized carbons (Fsp3) is 0.154. The van der Waals surface area contributed by atoms with Crippen LogP contribution in [0.25, 0.3) is 11.0 Å². The highest BCUT2D eigenvalue weighted by molar-refractivity contribution is 7.17. The van der Waals surface area contributed by atoms with Crippen molar-refractivity contribution in [2.75, 3.05) is 12.0 Å². The predicted molar refractivity (Wildman–Crippen MR) is 130 cm³/mol. The number of rotatable bonds is 5. The number of esters is 1. The summed E-state index contributed by atoms with van der Waals surface area (Å²) < 4.78 is 10.6. The van der Waals surface area contributed by atoms with Crippen molar-refractivity contribution in [1.82, 2.24) is 4.98 Å². The van der Waals surface area contributed by atoms with Gasteiger partial charge in [-0.1, -0.05) is 59.4 Å². The van der Waals surface area contributed by atoms with E-state index in [-0.39, 0.29) is 21.3 Å². The van der Waals surface area contributed by atoms with E-state index >= 15 is 0 Å². The molecular weight excluding hydrogens is 468 g/mol. The van der Waals surface area contributed by atoms with Gasteiger partial charge in [-0.2, -0.15) is 0 Å². The molecule has 3 heterocycles. The van der Waals surface area contributed by atoms with Crippen molar-refractivity contribution in [3.8, 4) is 0 Å². The number of fused-ring (bicyclic) bond motifs is 1. The van der Waals surface area contributed by atoms with Gasteiger partial charge in [0.25, 0.3) is 5.91 Å². The third-order valence-electron chi connectivity index (χ3n) is 5.86. The van der Waals surface area contributed by atoms with Crippen molar-refractivity contribution in [1.29, 1.82) is 0 Å². The normalized spacial score (nSPS) is 15.8. The number of aliphatic hydroxyl groups is 1. The third-order valence-corrected chi connectivity index (χ3v) is 6.99. The largest absolute Gasteiger partial charge is 0.503 e. The summed E-state index contributed by atoms with van der Waals surface area (Å²) in [6, 6.07) is 15.0. The van der Waals surface area contributed by atoms with E-state index in [0.717, 1.165) is 22.3 Å². The number of nitrogens with zero attached hydrogens (tertiary/aromatic N) is 2. The number of furan rings is 1. The van der Waals surface area contributed by atoms with E-state index < -0.39 is 29.5 Å². The maximum atomic E-state index is 13.6. The van der Waals surface area contributed by atoms with Crippen LogP contribution in [0.5, 0.6) is 0 Å². The third kappa shape index (κ3) is 3.70. The number of amides is 1. The molecule has 2 aromatic heterocycles. The molecule has 2 aromatic carbocycles. The zero-order valence-electron chi connectivity index (χ0n) is 19.1. The Labute approximate surface area is 204 Å². The molecule has 35 heavy (non-hydrogen) atoms. The van der Waals surface area contributed by atoms with Gasteiger partial charge in [0.1, 0.15) is 10.5 Å². The van der Waals surface area contributed by atoms with E-state index in [1.165, 1.54) is 12.0 Å². The van der Waals surface area contributed by atoms with Crippen molar-refractivity contribution in [2.24, 2.45) is 0 Å². The minimum absolute atomic E-state index is 0.00470. The van der Waals surface area contributed by atoms with E-state index in [2.05, 4.69) is 4.98 Å². The lowest BCUT2D eigenvalue weighted by atomic mass is 9.94. The van der Waals surface area contributed by atoms with E-state index in [0.29, 0.717) is 16.8 Å². The van der Waals surface area contributed by atoms with Gasteiger partial charge < -0.3 is 14.3 Å². The number of hydrogen-bond acceptors (Lipinski definition) is 8. The van der Waals surface area contributed by atoms with Gasteiger partial charge in [-0.3, -0.25) is 14.5 Å². The topological polar surface area (TPSA) is 110 Å². The smallest absolute Gasteiger partial charge is 0.350 e. The van der Waals surface area contributed by atoms with Gasteiger partial charge in [0.05, 0.1) is 24.4 Å². The quantitative estimate of drug-likeness (QED) is 0.308. The minimum atomic E-state index is -0.972. The number of aromatic nitrogens is 1. The van der Waals surface area contributed by atoms with Crippen LogP contribution in [-0.2, 0) is 9.53 Å². The van der Waals surface area contributed by atoms with Gasteiger partial charge in [0, 0.05) is 5.39 Å². The second-order valence-electron chi connectivity index (χ2n) is 8.13. The Balaban J connectivity index is 1.65. The fourth-order valence-electron chi connectivity index (χ4n) is 4.09. The molecule has 1 amide bonds. The monoisotopic (exact) mass is 488 g/mol. The molecule has 5 rings (SSSR count). The molecule has 1 unspecified atom stereocenters. The van der Waals surface area contributed by atoms with Crippen LogP contribution in [0, 0.1) is 13.8 Å². The summed E-state index contributed by atoms with van der Waals surface area (Å²) in [7, 11) is 1.26. The number of hydrogen-bond donors (Lipinski definition) is 1. The number of para-hydroxylation sites is 1. The van der Waals surface area contributed by atoms with E-state index in [1.807, 2.05) is 25.1 Å². The van der Waals surface area contributed by atoms with Crippen LogP contribution < -0.4 is 4.90 Å². The Morgan fingerprint density at radius 3 is 2.51 bits per heavy atom. The molecule has 0 radical (unpaired) electrons. The first kappa shape index (κ1) is 22.5. The number of carbonyl (C=O) groups is 3. The first-order valence-electron chi connectivity index (χ1n) is 10.7. The average molecular weight is 489 g/mol. The number of ether oxygens (including phenoxy) is 1. The van der Waals surface area contributed by atoms with Crippen LogP contribution in [0.1, 0.15) is 43.1 Å². The second kappa shape index (κ2) is 8.52. The van der Waals surface area contributed by atoms with Crippen LogP contribution in [0.4, 0.5) is 5.13 Å². The Bertz CT molecular complexity index is 1500. The van der Waals surface area contributed by atoms with Crippen LogP contribution in [0.15, 0.2) is 70.3 Å². The summed E-state index contributed by atoms with van der Waals surface area (Å²) in [5, 5.41) is 11.8. The summed E-state index contributed by atoms with van der Waals surface area (Å²) in [4.78, 5) is 45.0. The Hall–Kier alpha value is -4.24. The zero-order valence-corrected chi connectivity index (χ0v) is 19.9. The van der Waals surface area contributed by atoms with Crippen LogP contribution >= 0.6 is 11.3 Å². The van der Waals surface area contributed by atoms with Crippen LogP contribution in [0.3, 0.4) is 0 Å². The van der Waals surface area contributed by atoms with Crippen LogP contribution in [-0.4, -0.2) is 34.9 Å². The SMILES string of the molecule is COC(=O)c1sc(N2C(=O)C(O)=C(C(=O)c3cc4ccccc4o3)C2c2ccc(C)cc2)nc1C. The number of anilines is 1. The molecule has 0 spiro atoms. The number of aliphatic hydroxyl groups excluding tert-OH is 1. The van der Waals surface area contributed by atoms with Crippen molar-refractivity contribution >= 4 is 45.1 Å². The number of carbonyl (C=O) groups excluding carboxylic acids is 3. The molecule has 1 aliphatic heterocycles. The van der Waals surface area contributed by atoms with Crippen molar-refractivity contribution in [3.05, 3.63) is 93.4 Å². The Kier molecular flexibility index (Phi) is 5.49. The lowest BCUT2D eigenvalue weighted by molar-refractivity contribution is -0.117. The van der Waals surface area contributed by atoms with Crippen molar-refractivity contribution < 1.29 is 28.6 Å². The average Bonchev–Trinajstić information content (AvgIpc) is 3.53. The number of aryl methyl sites for hydroxylation is 2. The van der Waals surface area contributed by atoms with E-state index in [9.17, 15) is 19.5 Å².